The lowest BCUT2D eigenvalue weighted by molar-refractivity contribution is 0.331. The van der Waals surface area contributed by atoms with Gasteiger partial charge in [-0.15, -0.1) is 5.10 Å². The third-order valence-corrected chi connectivity index (χ3v) is 3.28. The van der Waals surface area contributed by atoms with E-state index in [1.54, 1.807) is 13.3 Å². The van der Waals surface area contributed by atoms with E-state index in [2.05, 4.69) is 39.7 Å². The molecule has 0 radical (unpaired) electrons. The molecule has 1 atom stereocenters. The smallest absolute Gasteiger partial charge is 0.244 e. The summed E-state index contributed by atoms with van der Waals surface area (Å²) in [7, 11) is 1.64. The molecule has 1 aromatic heterocycles. The second-order valence-electron chi connectivity index (χ2n) is 5.07. The summed E-state index contributed by atoms with van der Waals surface area (Å²) in [5, 5.41) is 14.2. The summed E-state index contributed by atoms with van der Waals surface area (Å²) in [6.07, 6.45) is 2.63. The zero-order chi connectivity index (χ0) is 16.5. The van der Waals surface area contributed by atoms with Crippen LogP contribution in [0.2, 0.25) is 0 Å². The number of nitrogens with one attached hydrogen (secondary N) is 2. The Hall–Kier alpha value is -2.57. The first-order valence-corrected chi connectivity index (χ1v) is 7.68. The van der Waals surface area contributed by atoms with Gasteiger partial charge in [-0.25, -0.2) is 0 Å². The highest BCUT2D eigenvalue weighted by atomic mass is 16.5. The van der Waals surface area contributed by atoms with Crippen molar-refractivity contribution in [3.05, 3.63) is 30.5 Å². The number of benzene rings is 1. The van der Waals surface area contributed by atoms with Crippen LogP contribution in [-0.4, -0.2) is 41.5 Å². The van der Waals surface area contributed by atoms with Crippen molar-refractivity contribution < 1.29 is 9.47 Å². The quantitative estimate of drug-likeness (QED) is 0.688. The van der Waals surface area contributed by atoms with Gasteiger partial charge in [0.15, 0.2) is 5.82 Å². The number of anilines is 2. The van der Waals surface area contributed by atoms with Crippen LogP contribution in [0.15, 0.2) is 30.5 Å². The number of hydrogen-bond donors (Lipinski definition) is 2. The number of ether oxygens (including phenoxy) is 2. The van der Waals surface area contributed by atoms with Gasteiger partial charge < -0.3 is 20.1 Å². The Labute approximate surface area is 136 Å². The van der Waals surface area contributed by atoms with Crippen LogP contribution in [0.5, 0.6) is 11.5 Å². The lowest BCUT2D eigenvalue weighted by atomic mass is 10.3. The Morgan fingerprint density at radius 2 is 1.91 bits per heavy atom. The number of nitrogens with zero attached hydrogens (tertiary/aromatic N) is 3. The van der Waals surface area contributed by atoms with Crippen LogP contribution in [0.3, 0.4) is 0 Å². The highest BCUT2D eigenvalue weighted by Crippen LogP contribution is 2.16. The fourth-order valence-corrected chi connectivity index (χ4v) is 1.81. The van der Waals surface area contributed by atoms with E-state index in [-0.39, 0.29) is 0 Å². The van der Waals surface area contributed by atoms with Crippen molar-refractivity contribution in [3.63, 3.8) is 0 Å². The molecule has 7 nitrogen and oxygen atoms in total. The van der Waals surface area contributed by atoms with Crippen LogP contribution >= 0.6 is 0 Å². The summed E-state index contributed by atoms with van der Waals surface area (Å²) >= 11 is 0. The molecule has 2 N–H and O–H groups in total. The molecular weight excluding hydrogens is 294 g/mol. The first-order valence-electron chi connectivity index (χ1n) is 7.68. The van der Waals surface area contributed by atoms with Crippen molar-refractivity contribution in [1.29, 1.82) is 0 Å². The predicted octanol–water partition coefficient (Wildman–Crippen LogP) is 2.58. The monoisotopic (exact) mass is 317 g/mol. The van der Waals surface area contributed by atoms with Gasteiger partial charge in [-0.05, 0) is 37.6 Å². The van der Waals surface area contributed by atoms with Crippen molar-refractivity contribution in [2.45, 2.75) is 26.3 Å². The second-order valence-corrected chi connectivity index (χ2v) is 5.07. The molecule has 0 fully saturated rings. The summed E-state index contributed by atoms with van der Waals surface area (Å²) in [5.41, 5.74) is 0. The molecule has 23 heavy (non-hydrogen) atoms. The number of hydrogen-bond acceptors (Lipinski definition) is 7. The molecule has 1 unspecified atom stereocenters. The fourth-order valence-electron chi connectivity index (χ4n) is 1.81. The Kier molecular flexibility index (Phi) is 6.40. The van der Waals surface area contributed by atoms with Crippen molar-refractivity contribution in [2.75, 3.05) is 30.9 Å². The Morgan fingerprint density at radius 3 is 2.61 bits per heavy atom. The molecule has 0 aliphatic rings. The van der Waals surface area contributed by atoms with E-state index in [1.807, 2.05) is 24.3 Å². The molecule has 0 aliphatic heterocycles. The van der Waals surface area contributed by atoms with Gasteiger partial charge in [-0.2, -0.15) is 10.1 Å². The van der Waals surface area contributed by atoms with Gasteiger partial charge in [-0.1, -0.05) is 6.92 Å². The van der Waals surface area contributed by atoms with Gasteiger partial charge in [0.1, 0.15) is 18.1 Å². The molecule has 2 rings (SSSR count). The first-order chi connectivity index (χ1) is 11.2. The summed E-state index contributed by atoms with van der Waals surface area (Å²) in [4.78, 5) is 4.36. The SMILES string of the molecule is CCC(C)Nc1cnnc(NCCOc2ccc(OC)cc2)n1. The number of aromatic nitrogens is 3. The van der Waals surface area contributed by atoms with Gasteiger partial charge in [0, 0.05) is 6.04 Å². The summed E-state index contributed by atoms with van der Waals surface area (Å²) in [5.74, 6) is 2.80. The molecule has 124 valence electrons. The third-order valence-electron chi connectivity index (χ3n) is 3.28. The molecule has 0 saturated heterocycles. The van der Waals surface area contributed by atoms with E-state index in [0.29, 0.717) is 31.0 Å². The first kappa shape index (κ1) is 16.8. The highest BCUT2D eigenvalue weighted by molar-refractivity contribution is 5.37. The minimum absolute atomic E-state index is 0.345. The predicted molar refractivity (Wildman–Crippen MR) is 90.2 cm³/mol. The van der Waals surface area contributed by atoms with Crippen molar-refractivity contribution in [3.8, 4) is 11.5 Å². The van der Waals surface area contributed by atoms with E-state index < -0.39 is 0 Å². The zero-order valence-electron chi connectivity index (χ0n) is 13.7. The normalized spacial score (nSPS) is 11.6. The Bertz CT molecular complexity index is 591. The van der Waals surface area contributed by atoms with Gasteiger partial charge in [0.2, 0.25) is 5.95 Å². The van der Waals surface area contributed by atoms with Crippen molar-refractivity contribution in [1.82, 2.24) is 15.2 Å². The molecule has 0 saturated carbocycles. The Morgan fingerprint density at radius 1 is 1.17 bits per heavy atom. The van der Waals surface area contributed by atoms with Crippen LogP contribution < -0.4 is 20.1 Å². The minimum Gasteiger partial charge on any atom is -0.497 e. The van der Waals surface area contributed by atoms with Crippen molar-refractivity contribution in [2.24, 2.45) is 0 Å². The standard InChI is InChI=1S/C16H23N5O2/c1-4-12(2)19-15-11-18-21-16(20-15)17-9-10-23-14-7-5-13(22-3)6-8-14/h5-8,11-12H,4,9-10H2,1-3H3,(H2,17,19,20,21). The van der Waals surface area contributed by atoms with E-state index in [9.17, 15) is 0 Å². The highest BCUT2D eigenvalue weighted by Gasteiger charge is 2.03. The van der Waals surface area contributed by atoms with E-state index in [4.69, 9.17) is 9.47 Å². The van der Waals surface area contributed by atoms with Crippen LogP contribution in [0.25, 0.3) is 0 Å². The maximum atomic E-state index is 5.63. The molecule has 1 heterocycles. The lowest BCUT2D eigenvalue weighted by Gasteiger charge is -2.12. The Balaban J connectivity index is 1.76. The molecule has 0 amide bonds. The number of methoxy groups -OCH3 is 1. The van der Waals surface area contributed by atoms with E-state index >= 15 is 0 Å². The molecular formula is C16H23N5O2. The van der Waals surface area contributed by atoms with Crippen LogP contribution in [0.1, 0.15) is 20.3 Å². The zero-order valence-corrected chi connectivity index (χ0v) is 13.7. The maximum absolute atomic E-state index is 5.63. The fraction of sp³-hybridized carbons (Fsp3) is 0.438. The van der Waals surface area contributed by atoms with Gasteiger partial charge in [0.05, 0.1) is 19.9 Å². The van der Waals surface area contributed by atoms with E-state index in [1.165, 1.54) is 0 Å². The molecule has 1 aromatic carbocycles. The topological polar surface area (TPSA) is 81.2 Å². The maximum Gasteiger partial charge on any atom is 0.244 e. The van der Waals surface area contributed by atoms with Crippen LogP contribution in [-0.2, 0) is 0 Å². The third kappa shape index (κ3) is 5.61. The van der Waals surface area contributed by atoms with Crippen LogP contribution in [0, 0.1) is 0 Å². The largest absolute Gasteiger partial charge is 0.497 e. The minimum atomic E-state index is 0.345. The lowest BCUT2D eigenvalue weighted by Crippen LogP contribution is -2.17. The van der Waals surface area contributed by atoms with Gasteiger partial charge in [0.25, 0.3) is 0 Å². The summed E-state index contributed by atoms with van der Waals surface area (Å²) in [6.45, 7) is 5.29. The number of rotatable bonds is 9. The van der Waals surface area contributed by atoms with Crippen LogP contribution in [0.4, 0.5) is 11.8 Å². The van der Waals surface area contributed by atoms with E-state index in [0.717, 1.165) is 17.9 Å². The summed E-state index contributed by atoms with van der Waals surface area (Å²) < 4.78 is 10.7. The van der Waals surface area contributed by atoms with Gasteiger partial charge >= 0.3 is 0 Å². The summed E-state index contributed by atoms with van der Waals surface area (Å²) in [6, 6.07) is 7.80. The molecule has 0 bridgehead atoms. The molecule has 2 aromatic rings. The second kappa shape index (κ2) is 8.77. The molecule has 0 aliphatic carbocycles. The van der Waals surface area contributed by atoms with Gasteiger partial charge in [-0.3, -0.25) is 0 Å². The van der Waals surface area contributed by atoms with Crippen molar-refractivity contribution >= 4 is 11.8 Å². The molecule has 0 spiro atoms. The average Bonchev–Trinajstić information content (AvgIpc) is 2.59. The average molecular weight is 317 g/mol. The molecule has 7 heteroatoms.